The number of hydrogen-bond donors (Lipinski definition) is 2. The predicted molar refractivity (Wildman–Crippen MR) is 81.0 cm³/mol. The second-order valence-electron chi connectivity index (χ2n) is 4.76. The van der Waals surface area contributed by atoms with E-state index in [9.17, 15) is 4.79 Å². The lowest BCUT2D eigenvalue weighted by Crippen LogP contribution is -2.20. The van der Waals surface area contributed by atoms with Crippen molar-refractivity contribution in [1.29, 1.82) is 0 Å². The van der Waals surface area contributed by atoms with Crippen LogP contribution in [0.1, 0.15) is 18.2 Å². The summed E-state index contributed by atoms with van der Waals surface area (Å²) in [6, 6.07) is 7.43. The molecule has 0 unspecified atom stereocenters. The second-order valence-corrected chi connectivity index (χ2v) is 4.76. The number of hydrogen-bond acceptors (Lipinski definition) is 4. The number of ether oxygens (including phenoxy) is 1. The van der Waals surface area contributed by atoms with Gasteiger partial charge in [-0.25, -0.2) is 0 Å². The highest BCUT2D eigenvalue weighted by atomic mass is 16.5. The molecule has 1 aromatic carbocycles. The molecule has 6 nitrogen and oxygen atoms in total. The van der Waals surface area contributed by atoms with Crippen molar-refractivity contribution in [3.8, 4) is 5.75 Å². The molecule has 0 saturated heterocycles. The number of benzene rings is 1. The Kier molecular flexibility index (Phi) is 4.81. The third-order valence-electron chi connectivity index (χ3n) is 3.02. The van der Waals surface area contributed by atoms with Gasteiger partial charge in [-0.05, 0) is 18.6 Å². The van der Waals surface area contributed by atoms with Crippen LogP contribution < -0.4 is 15.8 Å². The van der Waals surface area contributed by atoms with Crippen LogP contribution in [0.15, 0.2) is 30.5 Å². The van der Waals surface area contributed by atoms with E-state index in [-0.39, 0.29) is 6.61 Å². The maximum absolute atomic E-state index is 10.7. The largest absolute Gasteiger partial charge is 0.484 e. The van der Waals surface area contributed by atoms with Crippen LogP contribution in [0.5, 0.6) is 5.75 Å². The van der Waals surface area contributed by atoms with Gasteiger partial charge in [0.15, 0.2) is 6.61 Å². The van der Waals surface area contributed by atoms with E-state index in [0.29, 0.717) is 12.3 Å². The number of nitrogens with one attached hydrogen (secondary N) is 1. The maximum atomic E-state index is 10.7. The molecule has 2 rings (SSSR count). The van der Waals surface area contributed by atoms with Crippen LogP contribution in [0.4, 0.5) is 5.69 Å². The average molecular weight is 288 g/mol. The van der Waals surface area contributed by atoms with Crippen molar-refractivity contribution in [2.75, 3.05) is 11.9 Å². The molecular weight excluding hydrogens is 268 g/mol. The van der Waals surface area contributed by atoms with Gasteiger partial charge in [0.2, 0.25) is 0 Å². The lowest BCUT2D eigenvalue weighted by Gasteiger charge is -2.09. The third-order valence-corrected chi connectivity index (χ3v) is 3.02. The molecule has 112 valence electrons. The lowest BCUT2D eigenvalue weighted by molar-refractivity contribution is -0.119. The Morgan fingerprint density at radius 2 is 2.29 bits per heavy atom. The molecular formula is C15H20N4O2. The molecule has 0 fully saturated rings. The molecule has 0 bridgehead atoms. The van der Waals surface area contributed by atoms with Crippen LogP contribution in [-0.2, 0) is 24.8 Å². The van der Waals surface area contributed by atoms with E-state index in [1.165, 1.54) is 5.56 Å². The van der Waals surface area contributed by atoms with Gasteiger partial charge >= 0.3 is 0 Å². The highest BCUT2D eigenvalue weighted by molar-refractivity contribution is 5.75. The smallest absolute Gasteiger partial charge is 0.255 e. The van der Waals surface area contributed by atoms with Crippen LogP contribution in [0.25, 0.3) is 0 Å². The molecule has 6 heteroatoms. The van der Waals surface area contributed by atoms with Gasteiger partial charge in [-0.1, -0.05) is 13.0 Å². The maximum Gasteiger partial charge on any atom is 0.255 e. The molecule has 0 atom stereocenters. The number of aromatic nitrogens is 2. The van der Waals surface area contributed by atoms with E-state index in [0.717, 1.165) is 17.8 Å². The lowest BCUT2D eigenvalue weighted by atomic mass is 10.2. The van der Waals surface area contributed by atoms with Crippen LogP contribution in [-0.4, -0.2) is 22.3 Å². The summed E-state index contributed by atoms with van der Waals surface area (Å²) in [5, 5.41) is 7.74. The van der Waals surface area contributed by atoms with E-state index in [1.54, 1.807) is 6.07 Å². The van der Waals surface area contributed by atoms with Gasteiger partial charge in [-0.15, -0.1) is 0 Å². The van der Waals surface area contributed by atoms with Crippen molar-refractivity contribution in [2.45, 2.75) is 19.9 Å². The zero-order valence-electron chi connectivity index (χ0n) is 12.3. The number of carbonyl (C=O) groups is 1. The van der Waals surface area contributed by atoms with Crippen molar-refractivity contribution in [2.24, 2.45) is 12.8 Å². The van der Waals surface area contributed by atoms with Gasteiger partial charge in [0.05, 0.1) is 5.69 Å². The van der Waals surface area contributed by atoms with Crippen molar-refractivity contribution >= 4 is 11.6 Å². The Morgan fingerprint density at radius 3 is 3.00 bits per heavy atom. The summed E-state index contributed by atoms with van der Waals surface area (Å²) >= 11 is 0. The van der Waals surface area contributed by atoms with E-state index < -0.39 is 5.91 Å². The van der Waals surface area contributed by atoms with Gasteiger partial charge in [-0.2, -0.15) is 5.10 Å². The molecule has 1 aromatic heterocycles. The molecule has 2 aromatic rings. The van der Waals surface area contributed by atoms with Crippen molar-refractivity contribution < 1.29 is 9.53 Å². The summed E-state index contributed by atoms with van der Waals surface area (Å²) in [4.78, 5) is 10.7. The minimum absolute atomic E-state index is 0.119. The number of nitrogens with two attached hydrogens (primary N) is 1. The molecule has 0 radical (unpaired) electrons. The first-order chi connectivity index (χ1) is 10.1. The Bertz CT molecular complexity index is 622. The first-order valence-electron chi connectivity index (χ1n) is 6.85. The number of rotatable bonds is 7. The normalized spacial score (nSPS) is 10.4. The summed E-state index contributed by atoms with van der Waals surface area (Å²) in [5.74, 6) is 0.122. The van der Waals surface area contributed by atoms with Gasteiger partial charge < -0.3 is 15.8 Å². The van der Waals surface area contributed by atoms with Crippen molar-refractivity contribution in [3.63, 3.8) is 0 Å². The first kappa shape index (κ1) is 14.9. The number of primary amides is 1. The summed E-state index contributed by atoms with van der Waals surface area (Å²) in [6.45, 7) is 2.66. The van der Waals surface area contributed by atoms with E-state index in [1.807, 2.05) is 36.1 Å². The fraction of sp³-hybridized carbons (Fsp3) is 0.333. The average Bonchev–Trinajstić information content (AvgIpc) is 2.83. The minimum atomic E-state index is -0.490. The SMILES string of the molecule is CCc1nn(C)cc1CNc1cccc(OCC(N)=O)c1. The van der Waals surface area contributed by atoms with Crippen LogP contribution in [0.3, 0.4) is 0 Å². The minimum Gasteiger partial charge on any atom is -0.484 e. The Balaban J connectivity index is 1.99. The molecule has 1 amide bonds. The Morgan fingerprint density at radius 1 is 1.48 bits per heavy atom. The first-order valence-corrected chi connectivity index (χ1v) is 6.85. The molecule has 0 spiro atoms. The van der Waals surface area contributed by atoms with Crippen molar-refractivity contribution in [1.82, 2.24) is 9.78 Å². The summed E-state index contributed by atoms with van der Waals surface area (Å²) < 4.78 is 7.10. The Labute approximate surface area is 123 Å². The molecule has 0 saturated carbocycles. The van der Waals surface area contributed by atoms with E-state index in [2.05, 4.69) is 17.3 Å². The highest BCUT2D eigenvalue weighted by Crippen LogP contribution is 2.18. The Hall–Kier alpha value is -2.50. The number of nitrogens with zero attached hydrogens (tertiary/aromatic N) is 2. The monoisotopic (exact) mass is 288 g/mol. The number of aryl methyl sites for hydroxylation is 2. The van der Waals surface area contributed by atoms with Crippen LogP contribution in [0.2, 0.25) is 0 Å². The number of anilines is 1. The van der Waals surface area contributed by atoms with Crippen LogP contribution >= 0.6 is 0 Å². The second kappa shape index (κ2) is 6.78. The van der Waals surface area contributed by atoms with Crippen LogP contribution in [0, 0.1) is 0 Å². The molecule has 0 aliphatic rings. The standard InChI is InChI=1S/C15H20N4O2/c1-3-14-11(9-19(2)18-14)8-17-12-5-4-6-13(7-12)21-10-15(16)20/h4-7,9,17H,3,8,10H2,1-2H3,(H2,16,20). The number of amides is 1. The topological polar surface area (TPSA) is 82.2 Å². The fourth-order valence-electron chi connectivity index (χ4n) is 2.08. The van der Waals surface area contributed by atoms with Crippen molar-refractivity contribution in [3.05, 3.63) is 41.7 Å². The molecule has 1 heterocycles. The highest BCUT2D eigenvalue weighted by Gasteiger charge is 2.06. The molecule has 0 aliphatic heterocycles. The third kappa shape index (κ3) is 4.24. The van der Waals surface area contributed by atoms with E-state index in [4.69, 9.17) is 10.5 Å². The molecule has 21 heavy (non-hydrogen) atoms. The predicted octanol–water partition coefficient (Wildman–Crippen LogP) is 1.46. The zero-order chi connectivity index (χ0) is 15.2. The van der Waals surface area contributed by atoms with Gasteiger partial charge in [-0.3, -0.25) is 9.48 Å². The summed E-state index contributed by atoms with van der Waals surface area (Å²) in [5.41, 5.74) is 8.24. The van der Waals surface area contributed by atoms with E-state index >= 15 is 0 Å². The van der Waals surface area contributed by atoms with Gasteiger partial charge in [0, 0.05) is 37.1 Å². The number of carbonyl (C=O) groups excluding carboxylic acids is 1. The fourth-order valence-corrected chi connectivity index (χ4v) is 2.08. The zero-order valence-corrected chi connectivity index (χ0v) is 12.3. The summed E-state index contributed by atoms with van der Waals surface area (Å²) in [6.07, 6.45) is 2.92. The van der Waals surface area contributed by atoms with Gasteiger partial charge in [0.25, 0.3) is 5.91 Å². The molecule has 0 aliphatic carbocycles. The quantitative estimate of drug-likeness (QED) is 0.808. The van der Waals surface area contributed by atoms with Gasteiger partial charge in [0.1, 0.15) is 5.75 Å². The summed E-state index contributed by atoms with van der Waals surface area (Å²) in [7, 11) is 1.92. The molecule has 3 N–H and O–H groups in total.